The molecule has 0 bridgehead atoms. The number of ether oxygens (including phenoxy) is 2. The van der Waals surface area contributed by atoms with E-state index in [-0.39, 0.29) is 12.2 Å². The fourth-order valence-corrected chi connectivity index (χ4v) is 3.54. The number of imide groups is 2. The summed E-state index contributed by atoms with van der Waals surface area (Å²) in [6, 6.07) is 11.4. The maximum absolute atomic E-state index is 13.2. The number of nitrogens with one attached hydrogen (secondary N) is 1. The molecule has 2 aromatic rings. The van der Waals surface area contributed by atoms with Crippen molar-refractivity contribution in [3.63, 3.8) is 0 Å². The van der Waals surface area contributed by atoms with E-state index in [2.05, 4.69) is 11.9 Å². The van der Waals surface area contributed by atoms with Gasteiger partial charge in [0.2, 0.25) is 0 Å². The zero-order chi connectivity index (χ0) is 24.7. The molecule has 8 nitrogen and oxygen atoms in total. The highest BCUT2D eigenvalue weighted by Gasteiger charge is 2.36. The number of carbonyl (C=O) groups is 3. The topological polar surface area (TPSA) is 109 Å². The van der Waals surface area contributed by atoms with E-state index in [0.29, 0.717) is 41.3 Å². The predicted octanol–water partition coefficient (Wildman–Crippen LogP) is 3.94. The third-order valence-corrected chi connectivity index (χ3v) is 5.11. The lowest BCUT2D eigenvalue weighted by molar-refractivity contribution is -0.122. The lowest BCUT2D eigenvalue weighted by Gasteiger charge is -2.26. The number of aryl methyl sites for hydroxylation is 1. The van der Waals surface area contributed by atoms with Crippen LogP contribution in [0.2, 0.25) is 0 Å². The lowest BCUT2D eigenvalue weighted by Crippen LogP contribution is -2.54. The molecular weight excluding hydrogens is 434 g/mol. The molecule has 2 aromatic carbocycles. The summed E-state index contributed by atoms with van der Waals surface area (Å²) in [6.45, 7) is 7.72. The van der Waals surface area contributed by atoms with Crippen molar-refractivity contribution in [2.24, 2.45) is 0 Å². The number of benzene rings is 2. The summed E-state index contributed by atoms with van der Waals surface area (Å²) in [5.41, 5.74) is 2.39. The minimum absolute atomic E-state index is 0.167. The van der Waals surface area contributed by atoms with E-state index in [4.69, 9.17) is 14.7 Å². The highest BCUT2D eigenvalue weighted by molar-refractivity contribution is 6.39. The van der Waals surface area contributed by atoms with E-state index in [1.165, 1.54) is 6.08 Å². The van der Waals surface area contributed by atoms with Crippen LogP contribution in [-0.2, 0) is 22.4 Å². The Kier molecular flexibility index (Phi) is 7.83. The van der Waals surface area contributed by atoms with Gasteiger partial charge in [0.05, 0.1) is 12.3 Å². The Hall–Kier alpha value is -4.38. The standard InChI is InChI=1S/C26H25N3O5/c1-4-7-19-14-18(16-22(33-6-3)23(19)34-13-12-27)15-21-24(30)28-26(32)29(25(21)31)20-10-8-17(5-2)9-11-20/h4,8-11,14-16H,1,5-7,13H2,2-3H3,(H,28,30,32)/b21-15-. The van der Waals surface area contributed by atoms with Gasteiger partial charge in [0.15, 0.2) is 18.1 Å². The first-order valence-electron chi connectivity index (χ1n) is 10.8. The Balaban J connectivity index is 2.05. The molecule has 0 aliphatic carbocycles. The SMILES string of the molecule is C=CCc1cc(/C=C2/C(=O)NC(=O)N(c3ccc(CC)cc3)C2=O)cc(OCC)c1OCC#N. The number of anilines is 1. The molecule has 0 spiro atoms. The van der Waals surface area contributed by atoms with Gasteiger partial charge in [0.1, 0.15) is 11.6 Å². The number of urea groups is 1. The Morgan fingerprint density at radius 1 is 1.12 bits per heavy atom. The summed E-state index contributed by atoms with van der Waals surface area (Å²) in [7, 11) is 0. The number of amides is 4. The molecule has 1 aliphatic rings. The number of nitriles is 1. The van der Waals surface area contributed by atoms with Crippen LogP contribution in [0.25, 0.3) is 6.08 Å². The number of allylic oxidation sites excluding steroid dienone is 1. The zero-order valence-electron chi connectivity index (χ0n) is 19.1. The molecule has 8 heteroatoms. The number of nitrogens with zero attached hydrogens (tertiary/aromatic N) is 2. The summed E-state index contributed by atoms with van der Waals surface area (Å²) < 4.78 is 11.2. The first-order valence-corrected chi connectivity index (χ1v) is 10.8. The summed E-state index contributed by atoms with van der Waals surface area (Å²) in [4.78, 5) is 39.2. The van der Waals surface area contributed by atoms with Crippen LogP contribution in [0.4, 0.5) is 10.5 Å². The van der Waals surface area contributed by atoms with Gasteiger partial charge in [-0.3, -0.25) is 14.9 Å². The van der Waals surface area contributed by atoms with Crippen molar-refractivity contribution in [3.05, 3.63) is 71.3 Å². The van der Waals surface area contributed by atoms with Crippen LogP contribution in [0.1, 0.15) is 30.5 Å². The van der Waals surface area contributed by atoms with Crippen LogP contribution >= 0.6 is 0 Å². The van der Waals surface area contributed by atoms with Crippen LogP contribution in [0, 0.1) is 11.3 Å². The average molecular weight is 460 g/mol. The smallest absolute Gasteiger partial charge is 0.335 e. The number of rotatable bonds is 9. The fourth-order valence-electron chi connectivity index (χ4n) is 3.54. The normalized spacial score (nSPS) is 14.6. The quantitative estimate of drug-likeness (QED) is 0.346. The molecule has 0 unspecified atom stereocenters. The summed E-state index contributed by atoms with van der Waals surface area (Å²) in [5.74, 6) is -0.746. The van der Waals surface area contributed by atoms with Gasteiger partial charge in [-0.15, -0.1) is 6.58 Å². The molecule has 174 valence electrons. The average Bonchev–Trinajstić information content (AvgIpc) is 2.82. The number of hydrogen-bond acceptors (Lipinski definition) is 6. The van der Waals surface area contributed by atoms with Crippen LogP contribution < -0.4 is 19.7 Å². The Morgan fingerprint density at radius 3 is 2.47 bits per heavy atom. The minimum atomic E-state index is -0.806. The van der Waals surface area contributed by atoms with Crippen molar-refractivity contribution < 1.29 is 23.9 Å². The molecule has 1 aliphatic heterocycles. The lowest BCUT2D eigenvalue weighted by atomic mass is 10.0. The van der Waals surface area contributed by atoms with Gasteiger partial charge in [-0.1, -0.05) is 25.1 Å². The monoisotopic (exact) mass is 459 g/mol. The molecule has 0 atom stereocenters. The molecule has 1 fully saturated rings. The number of hydrogen-bond donors (Lipinski definition) is 1. The maximum atomic E-state index is 13.2. The molecule has 34 heavy (non-hydrogen) atoms. The summed E-state index contributed by atoms with van der Waals surface area (Å²) >= 11 is 0. The predicted molar refractivity (Wildman–Crippen MR) is 127 cm³/mol. The van der Waals surface area contributed by atoms with E-state index in [1.54, 1.807) is 37.3 Å². The van der Waals surface area contributed by atoms with Crippen molar-refractivity contribution in [1.29, 1.82) is 5.26 Å². The highest BCUT2D eigenvalue weighted by Crippen LogP contribution is 2.35. The van der Waals surface area contributed by atoms with Gasteiger partial charge < -0.3 is 9.47 Å². The third-order valence-electron chi connectivity index (χ3n) is 5.11. The summed E-state index contributed by atoms with van der Waals surface area (Å²) in [6.07, 6.45) is 4.29. The van der Waals surface area contributed by atoms with Gasteiger partial charge in [-0.25, -0.2) is 9.69 Å². The van der Waals surface area contributed by atoms with Crippen LogP contribution in [0.3, 0.4) is 0 Å². The molecule has 1 heterocycles. The van der Waals surface area contributed by atoms with Gasteiger partial charge >= 0.3 is 6.03 Å². The van der Waals surface area contributed by atoms with Crippen molar-refractivity contribution >= 4 is 29.6 Å². The second kappa shape index (κ2) is 11.0. The van der Waals surface area contributed by atoms with Crippen molar-refractivity contribution in [2.45, 2.75) is 26.7 Å². The first kappa shape index (κ1) is 24.3. The van der Waals surface area contributed by atoms with Gasteiger partial charge in [0, 0.05) is 5.56 Å². The first-order chi connectivity index (χ1) is 16.4. The second-order valence-corrected chi connectivity index (χ2v) is 7.36. The van der Waals surface area contributed by atoms with Gasteiger partial charge in [-0.05, 0) is 61.2 Å². The van der Waals surface area contributed by atoms with E-state index >= 15 is 0 Å². The fraction of sp³-hybridized carbons (Fsp3) is 0.231. The summed E-state index contributed by atoms with van der Waals surface area (Å²) in [5, 5.41) is 11.1. The van der Waals surface area contributed by atoms with Crippen LogP contribution in [0.15, 0.2) is 54.6 Å². The zero-order valence-corrected chi connectivity index (χ0v) is 19.1. The van der Waals surface area contributed by atoms with E-state index in [1.807, 2.05) is 25.1 Å². The van der Waals surface area contributed by atoms with Gasteiger partial charge in [0.25, 0.3) is 11.8 Å². The molecule has 0 aromatic heterocycles. The van der Waals surface area contributed by atoms with Crippen LogP contribution in [0.5, 0.6) is 11.5 Å². The molecule has 0 saturated carbocycles. The number of barbiturate groups is 1. The Morgan fingerprint density at radius 2 is 1.85 bits per heavy atom. The Bertz CT molecular complexity index is 1190. The Labute approximate surface area is 198 Å². The van der Waals surface area contributed by atoms with E-state index in [9.17, 15) is 14.4 Å². The number of carbonyl (C=O) groups excluding carboxylic acids is 3. The molecule has 1 saturated heterocycles. The molecule has 0 radical (unpaired) electrons. The molecule has 3 rings (SSSR count). The highest BCUT2D eigenvalue weighted by atomic mass is 16.5. The van der Waals surface area contributed by atoms with Crippen molar-refractivity contribution in [1.82, 2.24) is 5.32 Å². The molecule has 1 N–H and O–H groups in total. The van der Waals surface area contributed by atoms with Gasteiger partial charge in [-0.2, -0.15) is 5.26 Å². The minimum Gasteiger partial charge on any atom is -0.490 e. The molecular formula is C26H25N3O5. The third kappa shape index (κ3) is 5.15. The van der Waals surface area contributed by atoms with Crippen molar-refractivity contribution in [2.75, 3.05) is 18.1 Å². The largest absolute Gasteiger partial charge is 0.490 e. The van der Waals surface area contributed by atoms with E-state index in [0.717, 1.165) is 16.9 Å². The molecule has 4 amide bonds. The maximum Gasteiger partial charge on any atom is 0.335 e. The van der Waals surface area contributed by atoms with E-state index < -0.39 is 17.8 Å². The van der Waals surface area contributed by atoms with Crippen molar-refractivity contribution in [3.8, 4) is 17.6 Å². The second-order valence-electron chi connectivity index (χ2n) is 7.36. The van der Waals surface area contributed by atoms with Crippen LogP contribution in [-0.4, -0.2) is 31.1 Å².